The summed E-state index contributed by atoms with van der Waals surface area (Å²) in [5, 5.41) is 8.61. The fourth-order valence-electron chi connectivity index (χ4n) is 1.49. The van der Waals surface area contributed by atoms with Crippen molar-refractivity contribution >= 4 is 10.0 Å². The fourth-order valence-corrected chi connectivity index (χ4v) is 2.84. The first-order chi connectivity index (χ1) is 8.77. The lowest BCUT2D eigenvalue weighted by Crippen LogP contribution is -2.33. The fraction of sp³-hybridized carbons (Fsp3) is 0.455. The van der Waals surface area contributed by atoms with Crippen molar-refractivity contribution in [2.75, 3.05) is 6.61 Å². The molecule has 4 nitrogen and oxygen atoms in total. The zero-order valence-corrected chi connectivity index (χ0v) is 11.0. The zero-order chi connectivity index (χ0) is 14.6. The van der Waals surface area contributed by atoms with Gasteiger partial charge >= 0.3 is 0 Å². The van der Waals surface area contributed by atoms with Crippen LogP contribution >= 0.6 is 0 Å². The van der Waals surface area contributed by atoms with E-state index in [1.54, 1.807) is 0 Å². The quantitative estimate of drug-likeness (QED) is 0.783. The number of aliphatic hydroxyl groups is 1. The van der Waals surface area contributed by atoms with E-state index < -0.39 is 38.4 Å². The van der Waals surface area contributed by atoms with Gasteiger partial charge in [0.25, 0.3) is 0 Å². The number of nitrogens with one attached hydrogen (secondary N) is 1. The second-order valence-corrected chi connectivity index (χ2v) is 5.77. The number of benzene rings is 1. The van der Waals surface area contributed by atoms with Crippen molar-refractivity contribution in [2.45, 2.75) is 30.7 Å². The maximum atomic E-state index is 13.4. The van der Waals surface area contributed by atoms with Gasteiger partial charge in [0.1, 0.15) is 10.7 Å². The summed E-state index contributed by atoms with van der Waals surface area (Å²) < 4.78 is 64.7. The Morgan fingerprint density at radius 3 is 2.37 bits per heavy atom. The summed E-state index contributed by atoms with van der Waals surface area (Å²) in [4.78, 5) is -0.942. The summed E-state index contributed by atoms with van der Waals surface area (Å²) in [6.07, 6.45) is 0.699. The lowest BCUT2D eigenvalue weighted by Gasteiger charge is -2.14. The van der Waals surface area contributed by atoms with E-state index in [0.717, 1.165) is 0 Å². The first-order valence-electron chi connectivity index (χ1n) is 5.55. The molecular weight excluding hydrogens is 283 g/mol. The van der Waals surface area contributed by atoms with Crippen LogP contribution in [-0.2, 0) is 10.0 Å². The van der Waals surface area contributed by atoms with Gasteiger partial charge in [-0.15, -0.1) is 0 Å². The predicted octanol–water partition coefficient (Wildman–Crippen LogP) is 1.54. The van der Waals surface area contributed by atoms with Gasteiger partial charge in [0.2, 0.25) is 10.0 Å². The van der Waals surface area contributed by atoms with Crippen LogP contribution in [0, 0.1) is 17.5 Å². The molecule has 0 saturated carbocycles. The normalized spacial score (nSPS) is 13.5. The lowest BCUT2D eigenvalue weighted by molar-refractivity contribution is 0.279. The first kappa shape index (κ1) is 15.9. The third-order valence-corrected chi connectivity index (χ3v) is 4.02. The van der Waals surface area contributed by atoms with Gasteiger partial charge in [-0.25, -0.2) is 26.3 Å². The van der Waals surface area contributed by atoms with E-state index in [1.807, 2.05) is 0 Å². The van der Waals surface area contributed by atoms with E-state index in [4.69, 9.17) is 5.11 Å². The monoisotopic (exact) mass is 297 g/mol. The molecule has 2 N–H and O–H groups in total. The highest BCUT2D eigenvalue weighted by Crippen LogP contribution is 2.19. The summed E-state index contributed by atoms with van der Waals surface area (Å²) in [6.45, 7) is 1.41. The molecule has 0 spiro atoms. The SMILES string of the molecule is CC(CCCO)NS(=O)(=O)c1cc(F)c(F)cc1F. The smallest absolute Gasteiger partial charge is 0.243 e. The molecule has 0 aliphatic heterocycles. The Hall–Kier alpha value is -1.12. The van der Waals surface area contributed by atoms with E-state index in [2.05, 4.69) is 4.72 Å². The van der Waals surface area contributed by atoms with Crippen molar-refractivity contribution in [3.05, 3.63) is 29.6 Å². The summed E-state index contributed by atoms with van der Waals surface area (Å²) in [6, 6.07) is -0.0849. The Bertz CT molecular complexity index is 548. The van der Waals surface area contributed by atoms with E-state index in [0.29, 0.717) is 18.9 Å². The molecule has 0 amide bonds. The van der Waals surface area contributed by atoms with E-state index in [-0.39, 0.29) is 12.7 Å². The number of halogens is 3. The topological polar surface area (TPSA) is 66.4 Å². The van der Waals surface area contributed by atoms with Crippen molar-refractivity contribution in [2.24, 2.45) is 0 Å². The molecule has 0 fully saturated rings. The van der Waals surface area contributed by atoms with Crippen LogP contribution < -0.4 is 4.72 Å². The average molecular weight is 297 g/mol. The molecule has 0 bridgehead atoms. The van der Waals surface area contributed by atoms with Crippen LogP contribution in [0.4, 0.5) is 13.2 Å². The molecule has 0 aliphatic carbocycles. The number of hydrogen-bond acceptors (Lipinski definition) is 3. The number of aliphatic hydroxyl groups excluding tert-OH is 1. The van der Waals surface area contributed by atoms with Crippen molar-refractivity contribution in [1.82, 2.24) is 4.72 Å². The molecular formula is C11H14F3NO3S. The number of sulfonamides is 1. The molecule has 1 unspecified atom stereocenters. The largest absolute Gasteiger partial charge is 0.396 e. The van der Waals surface area contributed by atoms with Crippen LogP contribution in [0.5, 0.6) is 0 Å². The Morgan fingerprint density at radius 2 is 1.79 bits per heavy atom. The second-order valence-electron chi connectivity index (χ2n) is 4.08. The van der Waals surface area contributed by atoms with Gasteiger partial charge in [0.15, 0.2) is 11.6 Å². The highest BCUT2D eigenvalue weighted by molar-refractivity contribution is 7.89. The van der Waals surface area contributed by atoms with Crippen LogP contribution in [-0.4, -0.2) is 26.2 Å². The van der Waals surface area contributed by atoms with Gasteiger partial charge in [0.05, 0.1) is 0 Å². The average Bonchev–Trinajstić information content (AvgIpc) is 2.30. The highest BCUT2D eigenvalue weighted by Gasteiger charge is 2.23. The third kappa shape index (κ3) is 4.19. The minimum atomic E-state index is -4.27. The van der Waals surface area contributed by atoms with Gasteiger partial charge in [-0.05, 0) is 25.8 Å². The van der Waals surface area contributed by atoms with Crippen molar-refractivity contribution in [3.8, 4) is 0 Å². The third-order valence-electron chi connectivity index (χ3n) is 2.42. The molecule has 0 aliphatic rings. The second kappa shape index (κ2) is 6.36. The Morgan fingerprint density at radius 1 is 1.21 bits per heavy atom. The van der Waals surface area contributed by atoms with Gasteiger partial charge in [0, 0.05) is 18.7 Å². The summed E-state index contributed by atoms with van der Waals surface area (Å²) in [5.41, 5.74) is 0. The molecule has 1 aromatic rings. The Labute approximate surface area is 109 Å². The van der Waals surface area contributed by atoms with Gasteiger partial charge in [-0.1, -0.05) is 0 Å². The molecule has 108 valence electrons. The van der Waals surface area contributed by atoms with Crippen LogP contribution in [0.2, 0.25) is 0 Å². The summed E-state index contributed by atoms with van der Waals surface area (Å²) in [5.74, 6) is -4.25. The summed E-state index contributed by atoms with van der Waals surface area (Å²) in [7, 11) is -4.27. The van der Waals surface area contributed by atoms with Gasteiger partial charge < -0.3 is 5.11 Å². The van der Waals surface area contributed by atoms with E-state index >= 15 is 0 Å². The Kier molecular flexibility index (Phi) is 5.33. The molecule has 1 rings (SSSR count). The van der Waals surface area contributed by atoms with E-state index in [1.165, 1.54) is 6.92 Å². The molecule has 19 heavy (non-hydrogen) atoms. The van der Waals surface area contributed by atoms with Crippen LogP contribution in [0.1, 0.15) is 19.8 Å². The number of rotatable bonds is 6. The maximum Gasteiger partial charge on any atom is 0.243 e. The molecule has 0 radical (unpaired) electrons. The Balaban J connectivity index is 2.98. The lowest BCUT2D eigenvalue weighted by atomic mass is 10.2. The first-order valence-corrected chi connectivity index (χ1v) is 7.04. The van der Waals surface area contributed by atoms with Crippen LogP contribution in [0.25, 0.3) is 0 Å². The number of hydrogen-bond donors (Lipinski definition) is 2. The maximum absolute atomic E-state index is 13.4. The molecule has 8 heteroatoms. The minimum Gasteiger partial charge on any atom is -0.396 e. The van der Waals surface area contributed by atoms with Crippen molar-refractivity contribution in [3.63, 3.8) is 0 Å². The van der Waals surface area contributed by atoms with Gasteiger partial charge in [-0.2, -0.15) is 0 Å². The standard InChI is InChI=1S/C11H14F3NO3S/c1-7(3-2-4-16)15-19(17,18)11-6-9(13)8(12)5-10(11)14/h5-7,15-16H,2-4H2,1H3. The molecule has 0 aromatic heterocycles. The van der Waals surface area contributed by atoms with Crippen LogP contribution in [0.15, 0.2) is 17.0 Å². The van der Waals surface area contributed by atoms with Crippen LogP contribution in [0.3, 0.4) is 0 Å². The van der Waals surface area contributed by atoms with Gasteiger partial charge in [-0.3, -0.25) is 0 Å². The molecule has 1 atom stereocenters. The molecule has 1 aromatic carbocycles. The van der Waals surface area contributed by atoms with E-state index in [9.17, 15) is 21.6 Å². The highest BCUT2D eigenvalue weighted by atomic mass is 32.2. The zero-order valence-electron chi connectivity index (χ0n) is 10.2. The summed E-state index contributed by atoms with van der Waals surface area (Å²) >= 11 is 0. The van der Waals surface area contributed by atoms with Crippen molar-refractivity contribution < 1.29 is 26.7 Å². The molecule has 0 saturated heterocycles. The van der Waals surface area contributed by atoms with Crippen molar-refractivity contribution in [1.29, 1.82) is 0 Å². The molecule has 0 heterocycles. The predicted molar refractivity (Wildman–Crippen MR) is 62.4 cm³/mol. The minimum absolute atomic E-state index is 0.106.